The number of hydrogen-bond acceptors (Lipinski definition) is 4. The normalized spacial score (nSPS) is 16.8. The van der Waals surface area contributed by atoms with Gasteiger partial charge in [0.1, 0.15) is 16.7 Å². The Morgan fingerprint density at radius 2 is 1.68 bits per heavy atom. The largest absolute Gasteiger partial charge is 0.347 e. The maximum absolute atomic E-state index is 13.6. The minimum absolute atomic E-state index is 0.0536. The highest BCUT2D eigenvalue weighted by atomic mass is 32.2. The number of carbonyl (C=O) groups is 2. The zero-order chi connectivity index (χ0) is 24.1. The van der Waals surface area contributed by atoms with E-state index in [-0.39, 0.29) is 11.5 Å². The quantitative estimate of drug-likeness (QED) is 0.407. The van der Waals surface area contributed by atoms with Crippen molar-refractivity contribution < 1.29 is 9.59 Å². The molecule has 6 heteroatoms. The Morgan fingerprint density at radius 1 is 1.00 bits per heavy atom. The van der Waals surface area contributed by atoms with Crippen LogP contribution < -0.4 is 10.2 Å². The van der Waals surface area contributed by atoms with Crippen molar-refractivity contribution in [2.24, 2.45) is 0 Å². The maximum atomic E-state index is 13.6. The third kappa shape index (κ3) is 5.05. The Kier molecular flexibility index (Phi) is 7.15. The standard InChI is InChI=1S/C28H25N3O2S/c1-19-12-14-23(15-13-19)31-27(33)25(16-22-11-7-6-8-20(22)2)34-28(31)24(17-29)26(32)30-18-21-9-4-3-5-10-21/h3-15,25H,16,18H2,1-2H3,(H,30,32)/b28-24+/t25-/m1/s1. The van der Waals surface area contributed by atoms with Crippen molar-refractivity contribution in [3.8, 4) is 6.07 Å². The molecule has 0 bridgehead atoms. The summed E-state index contributed by atoms with van der Waals surface area (Å²) in [7, 11) is 0. The molecule has 0 spiro atoms. The molecule has 1 aliphatic heterocycles. The smallest absolute Gasteiger partial charge is 0.264 e. The van der Waals surface area contributed by atoms with Crippen LogP contribution in [0.1, 0.15) is 22.3 Å². The highest BCUT2D eigenvalue weighted by molar-refractivity contribution is 8.05. The number of nitrogens with one attached hydrogen (secondary N) is 1. The molecule has 170 valence electrons. The van der Waals surface area contributed by atoms with Gasteiger partial charge in [0.15, 0.2) is 0 Å². The summed E-state index contributed by atoms with van der Waals surface area (Å²) >= 11 is 1.28. The molecule has 0 saturated carbocycles. The first-order valence-corrected chi connectivity index (χ1v) is 11.9. The van der Waals surface area contributed by atoms with E-state index in [2.05, 4.69) is 11.4 Å². The molecule has 4 rings (SSSR count). The average Bonchev–Trinajstić information content (AvgIpc) is 3.16. The van der Waals surface area contributed by atoms with Gasteiger partial charge >= 0.3 is 0 Å². The zero-order valence-electron chi connectivity index (χ0n) is 19.1. The van der Waals surface area contributed by atoms with Crippen LogP contribution in [-0.4, -0.2) is 17.1 Å². The van der Waals surface area contributed by atoms with E-state index in [0.29, 0.717) is 23.7 Å². The number of carbonyl (C=O) groups excluding carboxylic acids is 2. The lowest BCUT2D eigenvalue weighted by Gasteiger charge is -2.19. The lowest BCUT2D eigenvalue weighted by atomic mass is 10.0. The number of amides is 2. The number of thioether (sulfide) groups is 1. The summed E-state index contributed by atoms with van der Waals surface area (Å²) in [6.45, 7) is 4.29. The molecule has 1 N–H and O–H groups in total. The second-order valence-corrected chi connectivity index (χ2v) is 9.40. The molecule has 1 aliphatic rings. The van der Waals surface area contributed by atoms with Crippen LogP contribution in [0.25, 0.3) is 0 Å². The number of nitriles is 1. The number of nitrogens with zero attached hydrogens (tertiary/aromatic N) is 2. The third-order valence-corrected chi connectivity index (χ3v) is 7.02. The van der Waals surface area contributed by atoms with E-state index in [9.17, 15) is 14.9 Å². The third-order valence-electron chi connectivity index (χ3n) is 5.76. The van der Waals surface area contributed by atoms with Gasteiger partial charge < -0.3 is 5.32 Å². The number of benzene rings is 3. The van der Waals surface area contributed by atoms with Crippen LogP contribution in [0.4, 0.5) is 5.69 Å². The van der Waals surface area contributed by atoms with E-state index in [1.54, 1.807) is 0 Å². The fourth-order valence-electron chi connectivity index (χ4n) is 3.82. The van der Waals surface area contributed by atoms with Gasteiger partial charge in [-0.1, -0.05) is 84.1 Å². The summed E-state index contributed by atoms with van der Waals surface area (Å²) in [6, 6.07) is 27.1. The van der Waals surface area contributed by atoms with Crippen molar-refractivity contribution in [2.45, 2.75) is 32.1 Å². The topological polar surface area (TPSA) is 73.2 Å². The maximum Gasteiger partial charge on any atom is 0.264 e. The molecule has 0 aromatic heterocycles. The number of rotatable bonds is 6. The van der Waals surface area contributed by atoms with E-state index < -0.39 is 11.2 Å². The van der Waals surface area contributed by atoms with E-state index in [4.69, 9.17) is 0 Å². The van der Waals surface area contributed by atoms with E-state index in [0.717, 1.165) is 22.3 Å². The lowest BCUT2D eigenvalue weighted by molar-refractivity contribution is -0.117. The SMILES string of the molecule is Cc1ccc(N2C(=O)[C@@H](Cc3ccccc3C)S/C2=C(\C#N)C(=O)NCc2ccccc2)cc1. The molecule has 3 aromatic rings. The molecule has 0 unspecified atom stereocenters. The van der Waals surface area contributed by atoms with Gasteiger partial charge in [-0.05, 0) is 49.1 Å². The molecule has 1 heterocycles. The Labute approximate surface area is 204 Å². The van der Waals surface area contributed by atoms with Crippen LogP contribution in [0, 0.1) is 25.2 Å². The minimum atomic E-state index is -0.490. The molecule has 1 saturated heterocycles. The lowest BCUT2D eigenvalue weighted by Crippen LogP contribution is -2.32. The van der Waals surface area contributed by atoms with Crippen molar-refractivity contribution in [1.82, 2.24) is 5.32 Å². The van der Waals surface area contributed by atoms with Crippen molar-refractivity contribution >= 4 is 29.3 Å². The number of aryl methyl sites for hydroxylation is 2. The van der Waals surface area contributed by atoms with Crippen LogP contribution >= 0.6 is 11.8 Å². The summed E-state index contributed by atoms with van der Waals surface area (Å²) in [4.78, 5) is 28.1. The van der Waals surface area contributed by atoms with Gasteiger partial charge in [-0.3, -0.25) is 14.5 Å². The molecule has 34 heavy (non-hydrogen) atoms. The summed E-state index contributed by atoms with van der Waals surface area (Å²) < 4.78 is 0. The van der Waals surface area contributed by atoms with Crippen LogP contribution in [0.3, 0.4) is 0 Å². The Balaban J connectivity index is 1.68. The number of anilines is 1. The van der Waals surface area contributed by atoms with Crippen LogP contribution in [-0.2, 0) is 22.6 Å². The highest BCUT2D eigenvalue weighted by Crippen LogP contribution is 2.42. The predicted molar refractivity (Wildman–Crippen MR) is 136 cm³/mol. The van der Waals surface area contributed by atoms with E-state index in [1.165, 1.54) is 16.7 Å². The van der Waals surface area contributed by atoms with Crippen molar-refractivity contribution in [3.05, 3.63) is 112 Å². The van der Waals surface area contributed by atoms with Crippen molar-refractivity contribution in [2.75, 3.05) is 4.90 Å². The summed E-state index contributed by atoms with van der Waals surface area (Å²) in [6.07, 6.45) is 0.520. The first-order chi connectivity index (χ1) is 16.5. The monoisotopic (exact) mass is 467 g/mol. The molecule has 5 nitrogen and oxygen atoms in total. The van der Waals surface area contributed by atoms with Gasteiger partial charge in [-0.25, -0.2) is 0 Å². The number of hydrogen-bond donors (Lipinski definition) is 1. The first-order valence-electron chi connectivity index (χ1n) is 11.1. The Bertz CT molecular complexity index is 1280. The van der Waals surface area contributed by atoms with Crippen LogP contribution in [0.2, 0.25) is 0 Å². The highest BCUT2D eigenvalue weighted by Gasteiger charge is 2.40. The fourth-order valence-corrected chi connectivity index (χ4v) is 5.12. The molecule has 0 aliphatic carbocycles. The molecular formula is C28H25N3O2S. The molecule has 3 aromatic carbocycles. The molecular weight excluding hydrogens is 442 g/mol. The molecule has 0 radical (unpaired) electrons. The first kappa shape index (κ1) is 23.3. The van der Waals surface area contributed by atoms with Crippen LogP contribution in [0.15, 0.2) is 89.5 Å². The van der Waals surface area contributed by atoms with Crippen LogP contribution in [0.5, 0.6) is 0 Å². The molecule has 1 fully saturated rings. The zero-order valence-corrected chi connectivity index (χ0v) is 19.9. The van der Waals surface area contributed by atoms with Gasteiger partial charge in [-0.2, -0.15) is 5.26 Å². The fraction of sp³-hybridized carbons (Fsp3) is 0.179. The van der Waals surface area contributed by atoms with Gasteiger partial charge in [0.25, 0.3) is 5.91 Å². The second kappa shape index (κ2) is 10.4. The van der Waals surface area contributed by atoms with E-state index in [1.807, 2.05) is 92.7 Å². The van der Waals surface area contributed by atoms with Gasteiger partial charge in [-0.15, -0.1) is 0 Å². The summed E-state index contributed by atoms with van der Waals surface area (Å²) in [5.41, 5.74) is 4.77. The summed E-state index contributed by atoms with van der Waals surface area (Å²) in [5.74, 6) is -0.619. The Morgan fingerprint density at radius 3 is 2.35 bits per heavy atom. The van der Waals surface area contributed by atoms with Crippen molar-refractivity contribution in [1.29, 1.82) is 5.26 Å². The van der Waals surface area contributed by atoms with Crippen molar-refractivity contribution in [3.63, 3.8) is 0 Å². The van der Waals surface area contributed by atoms with Gasteiger partial charge in [0, 0.05) is 12.2 Å². The minimum Gasteiger partial charge on any atom is -0.347 e. The van der Waals surface area contributed by atoms with Gasteiger partial charge in [0.05, 0.1) is 5.25 Å². The van der Waals surface area contributed by atoms with Gasteiger partial charge in [0.2, 0.25) is 5.91 Å². The average molecular weight is 468 g/mol. The molecule has 1 atom stereocenters. The summed E-state index contributed by atoms with van der Waals surface area (Å²) in [5, 5.41) is 12.7. The van der Waals surface area contributed by atoms with E-state index >= 15 is 0 Å². The second-order valence-electron chi connectivity index (χ2n) is 8.21. The Hall–Kier alpha value is -3.82. The predicted octanol–water partition coefficient (Wildman–Crippen LogP) is 5.05. The molecule has 2 amide bonds.